The molecule has 0 fully saturated rings. The minimum Gasteiger partial charge on any atom is -0.460 e. The number of rotatable bonds is 7. The predicted octanol–water partition coefficient (Wildman–Crippen LogP) is 0.239. The summed E-state index contributed by atoms with van der Waals surface area (Å²) < 4.78 is 4.41. The molecule has 5 heteroatoms. The summed E-state index contributed by atoms with van der Waals surface area (Å²) in [7, 11) is 0. The van der Waals surface area contributed by atoms with Gasteiger partial charge in [-0.3, -0.25) is 9.59 Å². The standard InChI is InChI=1S/C10H16O5/c1-3-5-7(11)6-8(12)9(13)10(14)15-4-2/h8,12H,3-6H2,1-2H3. The molecule has 1 N–H and O–H groups in total. The number of aliphatic hydroxyl groups excluding tert-OH is 1. The Morgan fingerprint density at radius 3 is 2.33 bits per heavy atom. The van der Waals surface area contributed by atoms with Gasteiger partial charge in [0.05, 0.1) is 6.61 Å². The van der Waals surface area contributed by atoms with E-state index in [1.807, 2.05) is 6.92 Å². The van der Waals surface area contributed by atoms with Crippen LogP contribution in [0, 0.1) is 0 Å². The molecular formula is C10H16O5. The average molecular weight is 216 g/mol. The van der Waals surface area contributed by atoms with E-state index in [2.05, 4.69) is 4.74 Å². The van der Waals surface area contributed by atoms with Gasteiger partial charge in [-0.2, -0.15) is 0 Å². The van der Waals surface area contributed by atoms with E-state index in [0.29, 0.717) is 12.8 Å². The van der Waals surface area contributed by atoms with Gasteiger partial charge in [0.2, 0.25) is 0 Å². The van der Waals surface area contributed by atoms with E-state index in [9.17, 15) is 19.5 Å². The van der Waals surface area contributed by atoms with Gasteiger partial charge in [-0.1, -0.05) is 6.92 Å². The molecule has 0 aromatic carbocycles. The van der Waals surface area contributed by atoms with Gasteiger partial charge < -0.3 is 9.84 Å². The zero-order valence-electron chi connectivity index (χ0n) is 8.99. The van der Waals surface area contributed by atoms with Crippen molar-refractivity contribution in [2.75, 3.05) is 6.61 Å². The largest absolute Gasteiger partial charge is 0.460 e. The van der Waals surface area contributed by atoms with Gasteiger partial charge in [0, 0.05) is 12.8 Å². The van der Waals surface area contributed by atoms with Crippen LogP contribution in [0.4, 0.5) is 0 Å². The Kier molecular flexibility index (Phi) is 6.53. The Morgan fingerprint density at radius 2 is 1.87 bits per heavy atom. The molecule has 0 rings (SSSR count). The minimum absolute atomic E-state index is 0.0696. The quantitative estimate of drug-likeness (QED) is 0.487. The summed E-state index contributed by atoms with van der Waals surface area (Å²) >= 11 is 0. The maximum Gasteiger partial charge on any atom is 0.377 e. The van der Waals surface area contributed by atoms with Crippen LogP contribution in [0.5, 0.6) is 0 Å². The van der Waals surface area contributed by atoms with Crippen molar-refractivity contribution in [3.05, 3.63) is 0 Å². The van der Waals surface area contributed by atoms with Crippen LogP contribution in [0.3, 0.4) is 0 Å². The van der Waals surface area contributed by atoms with Crippen molar-refractivity contribution in [2.24, 2.45) is 0 Å². The van der Waals surface area contributed by atoms with E-state index in [1.54, 1.807) is 6.92 Å². The highest BCUT2D eigenvalue weighted by atomic mass is 16.5. The number of aliphatic hydroxyl groups is 1. The predicted molar refractivity (Wildman–Crippen MR) is 52.2 cm³/mol. The van der Waals surface area contributed by atoms with E-state index >= 15 is 0 Å². The van der Waals surface area contributed by atoms with Gasteiger partial charge in [0.15, 0.2) is 0 Å². The Morgan fingerprint density at radius 1 is 1.27 bits per heavy atom. The minimum atomic E-state index is -1.57. The molecule has 15 heavy (non-hydrogen) atoms. The van der Waals surface area contributed by atoms with Crippen LogP contribution in [0.1, 0.15) is 33.1 Å². The number of Topliss-reactive ketones (excluding diaryl/α,β-unsaturated/α-hetero) is 2. The molecule has 0 aliphatic rings. The van der Waals surface area contributed by atoms with Crippen molar-refractivity contribution in [3.63, 3.8) is 0 Å². The van der Waals surface area contributed by atoms with Gasteiger partial charge >= 0.3 is 5.97 Å². The molecule has 0 heterocycles. The van der Waals surface area contributed by atoms with Crippen LogP contribution in [-0.4, -0.2) is 35.4 Å². The van der Waals surface area contributed by atoms with Gasteiger partial charge in [0.1, 0.15) is 11.9 Å². The molecule has 0 saturated carbocycles. The SMILES string of the molecule is CCCC(=O)CC(O)C(=O)C(=O)OCC. The van der Waals surface area contributed by atoms with Gasteiger partial charge in [0.25, 0.3) is 5.78 Å². The third kappa shape index (κ3) is 5.27. The molecule has 0 saturated heterocycles. The first-order valence-electron chi connectivity index (χ1n) is 4.93. The first kappa shape index (κ1) is 13.8. The summed E-state index contributed by atoms with van der Waals surface area (Å²) in [6, 6.07) is 0. The Balaban J connectivity index is 4.09. The molecule has 86 valence electrons. The normalized spacial score (nSPS) is 11.9. The molecule has 0 spiro atoms. The van der Waals surface area contributed by atoms with Crippen molar-refractivity contribution in [2.45, 2.75) is 39.2 Å². The van der Waals surface area contributed by atoms with Gasteiger partial charge in [-0.25, -0.2) is 4.79 Å². The Hall–Kier alpha value is -1.23. The maximum absolute atomic E-state index is 11.1. The number of hydrogen-bond donors (Lipinski definition) is 1. The van der Waals surface area contributed by atoms with Crippen LogP contribution in [0.25, 0.3) is 0 Å². The van der Waals surface area contributed by atoms with E-state index < -0.39 is 17.9 Å². The number of carbonyl (C=O) groups excluding carboxylic acids is 3. The van der Waals surface area contributed by atoms with Crippen LogP contribution < -0.4 is 0 Å². The molecule has 0 aromatic rings. The summed E-state index contributed by atoms with van der Waals surface area (Å²) in [4.78, 5) is 33.1. The monoisotopic (exact) mass is 216 g/mol. The van der Waals surface area contributed by atoms with E-state index in [4.69, 9.17) is 0 Å². The van der Waals surface area contributed by atoms with E-state index in [0.717, 1.165) is 0 Å². The molecule has 5 nitrogen and oxygen atoms in total. The van der Waals surface area contributed by atoms with Crippen molar-refractivity contribution in [1.29, 1.82) is 0 Å². The van der Waals surface area contributed by atoms with Gasteiger partial charge in [-0.05, 0) is 13.3 Å². The number of ether oxygens (including phenoxy) is 1. The smallest absolute Gasteiger partial charge is 0.377 e. The third-order valence-corrected chi connectivity index (χ3v) is 1.73. The van der Waals surface area contributed by atoms with Crippen LogP contribution in [-0.2, 0) is 19.1 Å². The lowest BCUT2D eigenvalue weighted by Gasteiger charge is -2.07. The molecule has 0 amide bonds. The molecular weight excluding hydrogens is 200 g/mol. The average Bonchev–Trinajstić information content (AvgIpc) is 2.17. The van der Waals surface area contributed by atoms with Crippen LogP contribution >= 0.6 is 0 Å². The first-order chi connectivity index (χ1) is 7.02. The molecule has 1 unspecified atom stereocenters. The maximum atomic E-state index is 11.1. The first-order valence-corrected chi connectivity index (χ1v) is 4.93. The van der Waals surface area contributed by atoms with Crippen LogP contribution in [0.15, 0.2) is 0 Å². The summed E-state index contributed by atoms with van der Waals surface area (Å²) in [6.45, 7) is 3.44. The topological polar surface area (TPSA) is 80.7 Å². The molecule has 1 atom stereocenters. The fourth-order valence-corrected chi connectivity index (χ4v) is 1.03. The second-order valence-electron chi connectivity index (χ2n) is 3.09. The van der Waals surface area contributed by atoms with E-state index in [-0.39, 0.29) is 18.8 Å². The third-order valence-electron chi connectivity index (χ3n) is 1.73. The second kappa shape index (κ2) is 7.11. The summed E-state index contributed by atoms with van der Waals surface area (Å²) in [5.41, 5.74) is 0. The number of ketones is 2. The highest BCUT2D eigenvalue weighted by Crippen LogP contribution is 2.01. The van der Waals surface area contributed by atoms with Crippen molar-refractivity contribution in [3.8, 4) is 0 Å². The number of hydrogen-bond acceptors (Lipinski definition) is 5. The summed E-state index contributed by atoms with van der Waals surface area (Å²) in [5.74, 6) is -2.38. The number of esters is 1. The molecule has 0 aliphatic heterocycles. The second-order valence-corrected chi connectivity index (χ2v) is 3.09. The fraction of sp³-hybridized carbons (Fsp3) is 0.700. The summed E-state index contributed by atoms with van der Waals surface area (Å²) in [5, 5.41) is 9.24. The van der Waals surface area contributed by atoms with E-state index in [1.165, 1.54) is 0 Å². The molecule has 0 aromatic heterocycles. The fourth-order valence-electron chi connectivity index (χ4n) is 1.03. The molecule has 0 bridgehead atoms. The van der Waals surface area contributed by atoms with Crippen LogP contribution in [0.2, 0.25) is 0 Å². The molecule has 0 aliphatic carbocycles. The molecule has 0 radical (unpaired) electrons. The highest BCUT2D eigenvalue weighted by Gasteiger charge is 2.26. The lowest BCUT2D eigenvalue weighted by atomic mass is 10.1. The summed E-state index contributed by atoms with van der Waals surface area (Å²) in [6.07, 6.45) is -0.930. The van der Waals surface area contributed by atoms with Crippen molar-refractivity contribution < 1.29 is 24.2 Å². The zero-order valence-corrected chi connectivity index (χ0v) is 8.99. The lowest BCUT2D eigenvalue weighted by molar-refractivity contribution is -0.157. The van der Waals surface area contributed by atoms with Gasteiger partial charge in [-0.15, -0.1) is 0 Å². The number of carbonyl (C=O) groups is 3. The zero-order chi connectivity index (χ0) is 11.8. The lowest BCUT2D eigenvalue weighted by Crippen LogP contribution is -2.31. The highest BCUT2D eigenvalue weighted by molar-refractivity contribution is 6.35. The Bertz CT molecular complexity index is 246. The van der Waals surface area contributed by atoms with Crippen molar-refractivity contribution in [1.82, 2.24) is 0 Å². The Labute approximate surface area is 88.4 Å². The van der Waals surface area contributed by atoms with Crippen molar-refractivity contribution >= 4 is 17.5 Å².